The van der Waals surface area contributed by atoms with Crippen molar-refractivity contribution >= 4 is 22.6 Å². The highest BCUT2D eigenvalue weighted by Crippen LogP contribution is 2.24. The molecule has 0 aromatic heterocycles. The first-order valence-electron chi connectivity index (χ1n) is 6.45. The number of benzene rings is 2. The minimum atomic E-state index is 0.216. The van der Waals surface area contributed by atoms with Gasteiger partial charge in [-0.15, -0.1) is 0 Å². The van der Waals surface area contributed by atoms with Gasteiger partial charge in [-0.1, -0.05) is 25.1 Å². The molecule has 0 fully saturated rings. The van der Waals surface area contributed by atoms with E-state index in [4.69, 9.17) is 10.5 Å². The normalized spacial score (nSPS) is 12.2. The summed E-state index contributed by atoms with van der Waals surface area (Å²) < 4.78 is 7.04. The zero-order valence-electron chi connectivity index (χ0n) is 11.0. The minimum Gasteiger partial charge on any atom is -0.457 e. The van der Waals surface area contributed by atoms with Crippen LogP contribution in [0.5, 0.6) is 11.5 Å². The maximum absolute atomic E-state index is 5.99. The molecular weight excluding hydrogens is 349 g/mol. The van der Waals surface area contributed by atoms with Crippen molar-refractivity contribution in [3.8, 4) is 11.5 Å². The van der Waals surface area contributed by atoms with Crippen LogP contribution in [-0.4, -0.2) is 6.04 Å². The molecule has 0 aliphatic carbocycles. The van der Waals surface area contributed by atoms with E-state index in [1.807, 2.05) is 36.4 Å². The molecule has 0 saturated carbocycles. The van der Waals surface area contributed by atoms with Crippen molar-refractivity contribution in [1.29, 1.82) is 0 Å². The fourth-order valence-corrected chi connectivity index (χ4v) is 2.36. The van der Waals surface area contributed by atoms with E-state index in [0.29, 0.717) is 0 Å². The predicted octanol–water partition coefficient (Wildman–Crippen LogP) is 4.36. The van der Waals surface area contributed by atoms with Gasteiger partial charge in [0, 0.05) is 9.61 Å². The Morgan fingerprint density at radius 1 is 1.11 bits per heavy atom. The zero-order valence-corrected chi connectivity index (χ0v) is 13.1. The second kappa shape index (κ2) is 6.91. The molecule has 0 aliphatic heterocycles. The summed E-state index contributed by atoms with van der Waals surface area (Å²) in [6.07, 6.45) is 1.88. The smallest absolute Gasteiger partial charge is 0.128 e. The van der Waals surface area contributed by atoms with Crippen LogP contribution in [0.2, 0.25) is 0 Å². The monoisotopic (exact) mass is 367 g/mol. The summed E-state index contributed by atoms with van der Waals surface area (Å²) in [4.78, 5) is 0. The maximum atomic E-state index is 5.99. The molecule has 1 unspecified atom stereocenters. The van der Waals surface area contributed by atoms with Gasteiger partial charge < -0.3 is 10.5 Å². The molecule has 2 N–H and O–H groups in total. The van der Waals surface area contributed by atoms with Crippen LogP contribution in [0, 0.1) is 3.57 Å². The van der Waals surface area contributed by atoms with Gasteiger partial charge in [0.2, 0.25) is 0 Å². The Hall–Kier alpha value is -1.07. The van der Waals surface area contributed by atoms with Crippen LogP contribution >= 0.6 is 22.6 Å². The largest absolute Gasteiger partial charge is 0.457 e. The lowest BCUT2D eigenvalue weighted by atomic mass is 10.0. The van der Waals surface area contributed by atoms with E-state index in [1.165, 1.54) is 9.13 Å². The summed E-state index contributed by atoms with van der Waals surface area (Å²) in [5.74, 6) is 1.73. The molecule has 100 valence electrons. The Balaban J connectivity index is 2.10. The highest BCUT2D eigenvalue weighted by Gasteiger charge is 2.03. The fourth-order valence-electron chi connectivity index (χ4n) is 1.85. The first kappa shape index (κ1) is 14.3. The van der Waals surface area contributed by atoms with Gasteiger partial charge in [0.25, 0.3) is 0 Å². The van der Waals surface area contributed by atoms with E-state index in [-0.39, 0.29) is 6.04 Å². The molecule has 0 spiro atoms. The van der Waals surface area contributed by atoms with E-state index in [2.05, 4.69) is 41.6 Å². The van der Waals surface area contributed by atoms with E-state index in [1.54, 1.807) is 0 Å². The number of rotatable bonds is 5. The standard InChI is InChI=1S/C16H18INO/c1-2-14(18)9-12-5-3-7-15(10-12)19-16-8-4-6-13(17)11-16/h3-8,10-11,14H,2,9,18H2,1H3. The predicted molar refractivity (Wildman–Crippen MR) is 87.6 cm³/mol. The first-order valence-corrected chi connectivity index (χ1v) is 7.53. The van der Waals surface area contributed by atoms with Gasteiger partial charge in [-0.05, 0) is 71.3 Å². The van der Waals surface area contributed by atoms with Gasteiger partial charge in [0.1, 0.15) is 11.5 Å². The molecule has 1 atom stereocenters. The molecule has 0 saturated heterocycles. The van der Waals surface area contributed by atoms with Gasteiger partial charge in [0.05, 0.1) is 0 Å². The molecule has 2 nitrogen and oxygen atoms in total. The van der Waals surface area contributed by atoms with Crippen LogP contribution in [0.25, 0.3) is 0 Å². The maximum Gasteiger partial charge on any atom is 0.128 e. The van der Waals surface area contributed by atoms with Gasteiger partial charge in [-0.25, -0.2) is 0 Å². The van der Waals surface area contributed by atoms with Crippen LogP contribution in [0.3, 0.4) is 0 Å². The van der Waals surface area contributed by atoms with Crippen molar-refractivity contribution in [2.45, 2.75) is 25.8 Å². The molecule has 0 bridgehead atoms. The molecule has 3 heteroatoms. The van der Waals surface area contributed by atoms with Crippen LogP contribution < -0.4 is 10.5 Å². The third kappa shape index (κ3) is 4.51. The lowest BCUT2D eigenvalue weighted by molar-refractivity contribution is 0.481. The molecular formula is C16H18INO. The summed E-state index contributed by atoms with van der Waals surface area (Å²) in [7, 11) is 0. The second-order valence-corrected chi connectivity index (χ2v) is 5.82. The van der Waals surface area contributed by atoms with Crippen LogP contribution in [0.15, 0.2) is 48.5 Å². The highest BCUT2D eigenvalue weighted by molar-refractivity contribution is 14.1. The van der Waals surface area contributed by atoms with Crippen molar-refractivity contribution < 1.29 is 4.74 Å². The summed E-state index contributed by atoms with van der Waals surface area (Å²) in [6, 6.07) is 16.4. The van der Waals surface area contributed by atoms with Crippen molar-refractivity contribution in [2.75, 3.05) is 0 Å². The molecule has 0 amide bonds. The van der Waals surface area contributed by atoms with Crippen molar-refractivity contribution in [1.82, 2.24) is 0 Å². The molecule has 2 aromatic rings. The average Bonchev–Trinajstić information content (AvgIpc) is 2.39. The topological polar surface area (TPSA) is 35.2 Å². The zero-order chi connectivity index (χ0) is 13.7. The van der Waals surface area contributed by atoms with Crippen LogP contribution in [-0.2, 0) is 6.42 Å². The summed E-state index contributed by atoms with van der Waals surface area (Å²) >= 11 is 2.28. The Labute approximate surface area is 128 Å². The quantitative estimate of drug-likeness (QED) is 0.797. The number of hydrogen-bond acceptors (Lipinski definition) is 2. The third-order valence-electron chi connectivity index (χ3n) is 2.95. The fraction of sp³-hybridized carbons (Fsp3) is 0.250. The Bertz CT molecular complexity index is 542. The van der Waals surface area contributed by atoms with Crippen molar-refractivity contribution in [3.63, 3.8) is 0 Å². The number of halogens is 1. The summed E-state index contributed by atoms with van der Waals surface area (Å²) in [6.45, 7) is 2.11. The lowest BCUT2D eigenvalue weighted by Gasteiger charge is -2.11. The third-order valence-corrected chi connectivity index (χ3v) is 3.62. The number of hydrogen-bond donors (Lipinski definition) is 1. The molecule has 0 radical (unpaired) electrons. The van der Waals surface area contributed by atoms with Crippen molar-refractivity contribution in [3.05, 3.63) is 57.7 Å². The number of nitrogens with two attached hydrogens (primary N) is 1. The van der Waals surface area contributed by atoms with E-state index in [0.717, 1.165) is 24.3 Å². The van der Waals surface area contributed by atoms with Gasteiger partial charge in [-0.3, -0.25) is 0 Å². The van der Waals surface area contributed by atoms with Gasteiger partial charge in [0.15, 0.2) is 0 Å². The molecule has 19 heavy (non-hydrogen) atoms. The lowest BCUT2D eigenvalue weighted by Crippen LogP contribution is -2.21. The highest BCUT2D eigenvalue weighted by atomic mass is 127. The van der Waals surface area contributed by atoms with Gasteiger partial charge in [-0.2, -0.15) is 0 Å². The van der Waals surface area contributed by atoms with E-state index < -0.39 is 0 Å². The van der Waals surface area contributed by atoms with E-state index in [9.17, 15) is 0 Å². The van der Waals surface area contributed by atoms with Crippen LogP contribution in [0.4, 0.5) is 0 Å². The molecule has 2 aromatic carbocycles. The molecule has 2 rings (SSSR count). The number of ether oxygens (including phenoxy) is 1. The van der Waals surface area contributed by atoms with Crippen molar-refractivity contribution in [2.24, 2.45) is 5.73 Å². The Morgan fingerprint density at radius 2 is 1.79 bits per heavy atom. The molecule has 0 heterocycles. The molecule has 0 aliphatic rings. The Kier molecular flexibility index (Phi) is 5.22. The first-order chi connectivity index (χ1) is 9.17. The van der Waals surface area contributed by atoms with Gasteiger partial charge >= 0.3 is 0 Å². The Morgan fingerprint density at radius 3 is 2.47 bits per heavy atom. The summed E-state index contributed by atoms with van der Waals surface area (Å²) in [5, 5.41) is 0. The summed E-state index contributed by atoms with van der Waals surface area (Å²) in [5.41, 5.74) is 7.21. The van der Waals surface area contributed by atoms with E-state index >= 15 is 0 Å². The SMILES string of the molecule is CCC(N)Cc1cccc(Oc2cccc(I)c2)c1. The minimum absolute atomic E-state index is 0.216. The van der Waals surface area contributed by atoms with Crippen LogP contribution in [0.1, 0.15) is 18.9 Å². The average molecular weight is 367 g/mol. The second-order valence-electron chi connectivity index (χ2n) is 4.58.